The van der Waals surface area contributed by atoms with Crippen molar-refractivity contribution in [2.45, 2.75) is 312 Å². The summed E-state index contributed by atoms with van der Waals surface area (Å²) < 4.78 is 89.0. The first-order chi connectivity index (χ1) is 53.6. The monoisotopic (exact) mass is 1710 g/mol. The minimum absolute atomic E-state index is 0.00231. The number of hydrogen-bond donors (Lipinski definition) is 4. The number of methoxy groups -OCH3 is 2. The van der Waals surface area contributed by atoms with E-state index < -0.39 is 55.8 Å². The third-order valence-corrected chi connectivity index (χ3v) is 14.2. The SMILES string of the molecule is CC(=O)CC1CC1.CC(=O)CCC(F)(F)F.CC(=O)CCC(F)F.CC(=O)CO.CC(=O)N(C)C.CC(=O)N1CC(F)(F)C1.CC(=O)N1CCCC1.CC(=O)N1CCCCC1.CC(C)(C)O.CC(N)=O.CCC(C)=O.CCN(CC)CCCC(C)=O.CCN(CC)CCCCC(C)=O.COC(C)=O.COCCCC(C)=O.CONC(C)=O. The number of aliphatic hydroxyl groups is 2. The Labute approximate surface area is 697 Å². The Morgan fingerprint density at radius 2 is 0.821 bits per heavy atom. The molecule has 0 atom stereocenters. The van der Waals surface area contributed by atoms with Crippen LogP contribution in [-0.2, 0) is 86.2 Å². The fraction of sp³-hybridized carbons (Fsp3) is 0.817. The summed E-state index contributed by atoms with van der Waals surface area (Å²) in [5.41, 5.74) is 6.04. The van der Waals surface area contributed by atoms with E-state index in [0.717, 1.165) is 128 Å². The van der Waals surface area contributed by atoms with Gasteiger partial charge in [-0.15, -0.1) is 0 Å². The van der Waals surface area contributed by atoms with Gasteiger partial charge in [0.15, 0.2) is 5.78 Å². The summed E-state index contributed by atoms with van der Waals surface area (Å²) >= 11 is 0. The summed E-state index contributed by atoms with van der Waals surface area (Å²) in [6, 6.07) is 0. The highest BCUT2D eigenvalue weighted by Crippen LogP contribution is 2.32. The van der Waals surface area contributed by atoms with Crippen LogP contribution >= 0.6 is 0 Å². The Kier molecular flexibility index (Phi) is 106. The minimum Gasteiger partial charge on any atom is -0.469 e. The van der Waals surface area contributed by atoms with Crippen LogP contribution in [0.2, 0.25) is 0 Å². The van der Waals surface area contributed by atoms with Crippen molar-refractivity contribution in [2.24, 2.45) is 11.7 Å². The van der Waals surface area contributed by atoms with Gasteiger partial charge < -0.3 is 88.4 Å². The average Bonchev–Trinajstić information content (AvgIpc) is 1.76. The number of amides is 6. The molecule has 4 rings (SSSR count). The van der Waals surface area contributed by atoms with E-state index in [4.69, 9.17) is 14.9 Å². The molecule has 0 aromatic rings. The van der Waals surface area contributed by atoms with Gasteiger partial charge in [0.25, 0.3) is 5.92 Å². The van der Waals surface area contributed by atoms with Crippen LogP contribution in [-0.4, -0.2) is 279 Å². The van der Waals surface area contributed by atoms with Gasteiger partial charge in [-0.05, 0) is 192 Å². The van der Waals surface area contributed by atoms with E-state index in [2.05, 4.69) is 58.3 Å². The minimum atomic E-state index is -4.19. The van der Waals surface area contributed by atoms with Gasteiger partial charge in [0.2, 0.25) is 41.9 Å². The molecule has 4 aliphatic rings. The normalized spacial score (nSPS) is 12.6. The predicted molar refractivity (Wildman–Crippen MR) is 445 cm³/mol. The van der Waals surface area contributed by atoms with Gasteiger partial charge in [-0.3, -0.25) is 43.2 Å². The number of hydroxylamine groups is 1. The molecule has 3 aliphatic heterocycles. The first kappa shape index (κ1) is 136. The molecule has 0 aromatic heterocycles. The molecule has 35 heteroatoms. The first-order valence-corrected chi connectivity index (χ1v) is 39.6. The number of carbonyl (C=O) groups excluding carboxylic acids is 15. The average molecular weight is 1710 g/mol. The number of likely N-dealkylation sites (tertiary alicyclic amines) is 3. The van der Waals surface area contributed by atoms with Gasteiger partial charge >= 0.3 is 12.1 Å². The zero-order chi connectivity index (χ0) is 94.6. The number of carbonyl (C=O) groups is 15. The van der Waals surface area contributed by atoms with Crippen molar-refractivity contribution in [1.82, 2.24) is 34.9 Å². The molecule has 3 saturated heterocycles. The number of esters is 1. The predicted octanol–water partition coefficient (Wildman–Crippen LogP) is 12.6. The number of primary amides is 1. The molecular formula is C82H159F7N8O20. The summed E-state index contributed by atoms with van der Waals surface area (Å²) in [5.74, 6) is -1.66. The molecule has 0 spiro atoms. The maximum absolute atomic E-state index is 12.0. The zero-order valence-electron chi connectivity index (χ0n) is 76.8. The molecule has 0 aromatic carbocycles. The molecule has 1 aliphatic carbocycles. The summed E-state index contributed by atoms with van der Waals surface area (Å²) in [7, 11) is 7.83. The largest absolute Gasteiger partial charge is 0.469 e. The Morgan fingerprint density at radius 3 is 0.983 bits per heavy atom. The molecule has 0 bridgehead atoms. The second-order valence-corrected chi connectivity index (χ2v) is 28.3. The maximum atomic E-state index is 12.0. The smallest absolute Gasteiger partial charge is 0.389 e. The summed E-state index contributed by atoms with van der Waals surface area (Å²) in [5, 5.41) is 16.3. The number of rotatable bonds is 27. The molecule has 0 unspecified atom stereocenters. The fourth-order valence-electron chi connectivity index (χ4n) is 7.28. The highest BCUT2D eigenvalue weighted by Gasteiger charge is 2.45. The van der Waals surface area contributed by atoms with E-state index in [-0.39, 0.29) is 84.0 Å². The fourth-order valence-corrected chi connectivity index (χ4v) is 7.28. The summed E-state index contributed by atoms with van der Waals surface area (Å²) in [4.78, 5) is 167. The second-order valence-electron chi connectivity index (χ2n) is 28.3. The summed E-state index contributed by atoms with van der Waals surface area (Å²) in [6.45, 7) is 47.9. The molecule has 28 nitrogen and oxygen atoms in total. The zero-order valence-corrected chi connectivity index (χ0v) is 76.8. The van der Waals surface area contributed by atoms with Crippen molar-refractivity contribution in [3.63, 3.8) is 0 Å². The number of ether oxygens (including phenoxy) is 2. The molecule has 117 heavy (non-hydrogen) atoms. The van der Waals surface area contributed by atoms with E-state index in [1.165, 1.54) is 113 Å². The van der Waals surface area contributed by atoms with Crippen LogP contribution in [0, 0.1) is 5.92 Å². The van der Waals surface area contributed by atoms with E-state index in [1.807, 2.05) is 16.7 Å². The van der Waals surface area contributed by atoms with Gasteiger partial charge in [-0.25, -0.2) is 23.0 Å². The molecule has 696 valence electrons. The highest BCUT2D eigenvalue weighted by molar-refractivity contribution is 5.79. The number of Topliss-reactive ketones (excluding diaryl/α,β-unsaturated/α-hetero) is 8. The Hall–Kier alpha value is -7.08. The Morgan fingerprint density at radius 1 is 0.513 bits per heavy atom. The number of unbranched alkanes of at least 4 members (excludes halogenated alkanes) is 1. The lowest BCUT2D eigenvalue weighted by Crippen LogP contribution is -2.57. The topological polar surface area (TPSA) is 382 Å². The molecule has 5 N–H and O–H groups in total. The highest BCUT2D eigenvalue weighted by atomic mass is 19.4. The molecule has 4 fully saturated rings. The number of nitrogens with one attached hydrogen (secondary N) is 1. The van der Waals surface area contributed by atoms with Gasteiger partial charge in [0.05, 0.1) is 39.3 Å². The molecule has 6 amide bonds. The van der Waals surface area contributed by atoms with Crippen LogP contribution < -0.4 is 11.2 Å². The number of alkyl halides is 7. The Balaban J connectivity index is -0.000000101. The van der Waals surface area contributed by atoms with Crippen molar-refractivity contribution in [2.75, 3.05) is 127 Å². The van der Waals surface area contributed by atoms with Crippen molar-refractivity contribution < 1.29 is 127 Å². The van der Waals surface area contributed by atoms with Gasteiger partial charge in [-0.2, -0.15) is 13.2 Å². The van der Waals surface area contributed by atoms with E-state index in [9.17, 15) is 103 Å². The number of piperidine rings is 1. The van der Waals surface area contributed by atoms with E-state index in [0.29, 0.717) is 36.8 Å². The number of ketones is 8. The summed E-state index contributed by atoms with van der Waals surface area (Å²) in [6.07, 6.45) is 8.13. The van der Waals surface area contributed by atoms with Gasteiger partial charge in [0, 0.05) is 154 Å². The van der Waals surface area contributed by atoms with Crippen molar-refractivity contribution in [3.05, 3.63) is 0 Å². The molecule has 3 heterocycles. The number of nitrogens with zero attached hydrogens (tertiary/aromatic N) is 6. The second kappa shape index (κ2) is 91.2. The number of aliphatic hydroxyl groups excluding tert-OH is 1. The third-order valence-electron chi connectivity index (χ3n) is 14.2. The lowest BCUT2D eigenvalue weighted by atomic mass is 10.1. The van der Waals surface area contributed by atoms with Crippen LogP contribution in [0.5, 0.6) is 0 Å². The van der Waals surface area contributed by atoms with Gasteiger partial charge in [-0.1, -0.05) is 34.6 Å². The van der Waals surface area contributed by atoms with Crippen LogP contribution in [0.15, 0.2) is 0 Å². The van der Waals surface area contributed by atoms with Crippen molar-refractivity contribution in [3.8, 4) is 0 Å². The molecule has 0 radical (unpaired) electrons. The number of hydrogen-bond acceptors (Lipinski definition) is 22. The Bertz CT molecular complexity index is 2500. The van der Waals surface area contributed by atoms with Crippen molar-refractivity contribution in [1.29, 1.82) is 0 Å². The van der Waals surface area contributed by atoms with Gasteiger partial charge in [0.1, 0.15) is 47.1 Å². The molecule has 1 saturated carbocycles. The maximum Gasteiger partial charge on any atom is 0.389 e. The number of nitrogens with two attached hydrogens (primary N) is 1. The van der Waals surface area contributed by atoms with Crippen molar-refractivity contribution >= 4 is 87.7 Å². The lowest BCUT2D eigenvalue weighted by molar-refractivity contribution is -0.163. The standard InChI is InChI=1S/C10H21NO.C9H19NO.C7H13NO.C6H11NO.C6H12O2.C6H10O.C5H7F3O.C5H7F2NO.C5H8F2O.C4H9NO.C4H10O.C4H8O.C3H7NO2.2C3H6O2.C2H5NO/c1-4-11(5-2)9-7-6-8-10(3)12;1-4-10(5-2)8-6-7-9(3)11;1-7(9)8-5-3-2-4-6-8;1-6(8)7-4-2-3-5-7;1-6(7)4-3-5-8-2;1-5(7)4-6-2-3-6;1-4(9)2-3-5(6,7)8;1-4(9)8-2-5(6,7)3-8;1-4(8)2-3-5(6)7;1-4(6)5(2)3;1-4(2,3)5;1-3-4(2)5;1-3(5)4-6-2;1-3(4)5-2;1-3(5)2-4;1-2(3)4/h4-9H2,1-3H3;4-8H2,1-3H3;2-6H2,1H3;2-5H2,1H3;3-5H2,1-2H3;6H,2-4H2,1H3;2*2-3H2,1H3;5H,2-3H2,1H3;1-3H3;5H,1-3H3;3H2,1-2H3;1-2H3,(H,4,5);1-2H3;4H,2H2,1H3;1H3,(H2,3,4). The van der Waals surface area contributed by atoms with Crippen LogP contribution in [0.3, 0.4) is 0 Å². The molecular weight excluding hydrogens is 1550 g/mol. The number of halogens is 7. The van der Waals surface area contributed by atoms with E-state index in [1.54, 1.807) is 90.4 Å². The van der Waals surface area contributed by atoms with E-state index >= 15 is 0 Å². The van der Waals surface area contributed by atoms with Crippen LogP contribution in [0.1, 0.15) is 288 Å². The van der Waals surface area contributed by atoms with Crippen LogP contribution in [0.25, 0.3) is 0 Å². The first-order valence-electron chi connectivity index (χ1n) is 39.6. The lowest BCUT2D eigenvalue weighted by Gasteiger charge is -2.37. The third kappa shape index (κ3) is 165. The van der Waals surface area contributed by atoms with Crippen LogP contribution in [0.4, 0.5) is 30.7 Å². The quantitative estimate of drug-likeness (QED) is 0.0257.